The first-order chi connectivity index (χ1) is 9.67. The standard InChI is InChI=1S/C15H23Br2N3/c1-3-20-7-5-4-6-11(9-18-2)15(20)14-13(17)8-12(16)10-19-14/h8,10-11,15,18H,3-7,9H2,1-2H3. The number of aromatic nitrogens is 1. The van der Waals surface area contributed by atoms with Crippen LogP contribution in [-0.4, -0.2) is 36.6 Å². The van der Waals surface area contributed by atoms with Gasteiger partial charge in [-0.2, -0.15) is 0 Å². The van der Waals surface area contributed by atoms with Gasteiger partial charge in [-0.3, -0.25) is 9.88 Å². The van der Waals surface area contributed by atoms with Gasteiger partial charge in [0.15, 0.2) is 0 Å². The number of halogens is 2. The van der Waals surface area contributed by atoms with Crippen molar-refractivity contribution in [3.05, 3.63) is 26.9 Å². The van der Waals surface area contributed by atoms with Crippen LogP contribution in [0, 0.1) is 5.92 Å². The first kappa shape index (κ1) is 16.4. The molecule has 0 amide bonds. The minimum absolute atomic E-state index is 0.400. The van der Waals surface area contributed by atoms with Gasteiger partial charge in [0, 0.05) is 15.1 Å². The second-order valence-corrected chi connectivity index (χ2v) is 7.18. The van der Waals surface area contributed by atoms with Crippen LogP contribution in [0.4, 0.5) is 0 Å². The molecule has 112 valence electrons. The van der Waals surface area contributed by atoms with E-state index in [9.17, 15) is 0 Å². The van der Waals surface area contributed by atoms with Crippen LogP contribution in [0.15, 0.2) is 21.2 Å². The Hall–Kier alpha value is 0.0300. The van der Waals surface area contributed by atoms with Crippen molar-refractivity contribution in [3.8, 4) is 0 Å². The molecule has 0 bridgehead atoms. The highest BCUT2D eigenvalue weighted by molar-refractivity contribution is 9.11. The Bertz CT molecular complexity index is 439. The topological polar surface area (TPSA) is 28.2 Å². The fourth-order valence-corrected chi connectivity index (χ4v) is 4.41. The zero-order chi connectivity index (χ0) is 14.5. The van der Waals surface area contributed by atoms with Gasteiger partial charge in [-0.15, -0.1) is 0 Å². The lowest BCUT2D eigenvalue weighted by Gasteiger charge is -2.34. The molecule has 0 spiro atoms. The highest BCUT2D eigenvalue weighted by Crippen LogP contribution is 2.37. The van der Waals surface area contributed by atoms with Crippen molar-refractivity contribution in [1.82, 2.24) is 15.2 Å². The van der Waals surface area contributed by atoms with E-state index in [0.29, 0.717) is 12.0 Å². The van der Waals surface area contributed by atoms with Crippen LogP contribution in [0.3, 0.4) is 0 Å². The van der Waals surface area contributed by atoms with E-state index in [0.717, 1.165) is 22.0 Å². The van der Waals surface area contributed by atoms with Crippen molar-refractivity contribution in [1.29, 1.82) is 0 Å². The third kappa shape index (κ3) is 3.81. The first-order valence-corrected chi connectivity index (χ1v) is 8.95. The number of hydrogen-bond donors (Lipinski definition) is 1. The minimum atomic E-state index is 0.400. The summed E-state index contributed by atoms with van der Waals surface area (Å²) < 4.78 is 2.13. The van der Waals surface area contributed by atoms with Crippen molar-refractivity contribution in [3.63, 3.8) is 0 Å². The summed E-state index contributed by atoms with van der Waals surface area (Å²) in [4.78, 5) is 7.29. The molecule has 0 aliphatic carbocycles. The average molecular weight is 405 g/mol. The number of nitrogens with one attached hydrogen (secondary N) is 1. The summed E-state index contributed by atoms with van der Waals surface area (Å²) in [6.07, 6.45) is 5.79. The molecule has 2 unspecified atom stereocenters. The number of likely N-dealkylation sites (tertiary alicyclic amines) is 1. The van der Waals surface area contributed by atoms with E-state index in [2.05, 4.69) is 55.1 Å². The van der Waals surface area contributed by atoms with Crippen LogP contribution >= 0.6 is 31.9 Å². The largest absolute Gasteiger partial charge is 0.319 e. The molecule has 1 fully saturated rings. The normalized spacial score (nSPS) is 24.6. The Morgan fingerprint density at radius 1 is 1.40 bits per heavy atom. The molecule has 2 heterocycles. The summed E-state index contributed by atoms with van der Waals surface area (Å²) in [6.45, 7) is 5.55. The second kappa shape index (κ2) is 7.87. The molecule has 0 saturated carbocycles. The summed E-state index contributed by atoms with van der Waals surface area (Å²) in [5.41, 5.74) is 1.18. The molecule has 2 rings (SSSR count). The van der Waals surface area contributed by atoms with Crippen molar-refractivity contribution in [2.75, 3.05) is 26.7 Å². The van der Waals surface area contributed by atoms with E-state index in [-0.39, 0.29) is 0 Å². The molecular formula is C15H23Br2N3. The van der Waals surface area contributed by atoms with E-state index >= 15 is 0 Å². The van der Waals surface area contributed by atoms with Gasteiger partial charge < -0.3 is 5.32 Å². The van der Waals surface area contributed by atoms with Crippen LogP contribution in [0.5, 0.6) is 0 Å². The van der Waals surface area contributed by atoms with E-state index in [1.54, 1.807) is 0 Å². The summed E-state index contributed by atoms with van der Waals surface area (Å²) in [5.74, 6) is 0.618. The summed E-state index contributed by atoms with van der Waals surface area (Å²) >= 11 is 7.20. The van der Waals surface area contributed by atoms with Gasteiger partial charge in [0.2, 0.25) is 0 Å². The van der Waals surface area contributed by atoms with E-state index in [1.165, 1.54) is 31.5 Å². The fraction of sp³-hybridized carbons (Fsp3) is 0.667. The Kier molecular flexibility index (Phi) is 6.46. The maximum atomic E-state index is 4.71. The Morgan fingerprint density at radius 3 is 2.85 bits per heavy atom. The van der Waals surface area contributed by atoms with Crippen molar-refractivity contribution >= 4 is 31.9 Å². The van der Waals surface area contributed by atoms with Crippen LogP contribution in [0.25, 0.3) is 0 Å². The van der Waals surface area contributed by atoms with Crippen molar-refractivity contribution < 1.29 is 0 Å². The van der Waals surface area contributed by atoms with Crippen LogP contribution in [0.1, 0.15) is 37.9 Å². The number of rotatable bonds is 4. The lowest BCUT2D eigenvalue weighted by molar-refractivity contribution is 0.158. The summed E-state index contributed by atoms with van der Waals surface area (Å²) in [7, 11) is 2.04. The summed E-state index contributed by atoms with van der Waals surface area (Å²) in [5, 5.41) is 3.36. The van der Waals surface area contributed by atoms with E-state index in [4.69, 9.17) is 4.98 Å². The summed E-state index contributed by atoms with van der Waals surface area (Å²) in [6, 6.07) is 2.51. The molecule has 0 aromatic carbocycles. The smallest absolute Gasteiger partial charge is 0.0721 e. The van der Waals surface area contributed by atoms with Gasteiger partial charge in [-0.25, -0.2) is 0 Å². The molecule has 1 aliphatic rings. The van der Waals surface area contributed by atoms with Gasteiger partial charge in [0.05, 0.1) is 11.7 Å². The van der Waals surface area contributed by atoms with Gasteiger partial charge in [0.1, 0.15) is 0 Å². The molecule has 1 saturated heterocycles. The van der Waals surface area contributed by atoms with E-state index in [1.807, 2.05) is 13.2 Å². The predicted octanol–water partition coefficient (Wildman–Crippen LogP) is 3.99. The molecule has 5 heteroatoms. The second-order valence-electron chi connectivity index (χ2n) is 5.41. The number of hydrogen-bond acceptors (Lipinski definition) is 3. The monoisotopic (exact) mass is 403 g/mol. The Balaban J connectivity index is 2.37. The van der Waals surface area contributed by atoms with Gasteiger partial charge >= 0.3 is 0 Å². The predicted molar refractivity (Wildman–Crippen MR) is 90.9 cm³/mol. The molecule has 20 heavy (non-hydrogen) atoms. The zero-order valence-electron chi connectivity index (χ0n) is 12.2. The fourth-order valence-electron chi connectivity index (χ4n) is 3.19. The molecule has 1 N–H and O–H groups in total. The van der Waals surface area contributed by atoms with E-state index < -0.39 is 0 Å². The number of pyridine rings is 1. The van der Waals surface area contributed by atoms with Gasteiger partial charge in [-0.05, 0) is 83.4 Å². The Morgan fingerprint density at radius 2 is 2.20 bits per heavy atom. The van der Waals surface area contributed by atoms with Gasteiger partial charge in [0.25, 0.3) is 0 Å². The SMILES string of the molecule is CCN1CCCCC(CNC)C1c1ncc(Br)cc1Br. The third-order valence-corrected chi connectivity index (χ3v) is 5.17. The minimum Gasteiger partial charge on any atom is -0.319 e. The molecular weight excluding hydrogens is 382 g/mol. The van der Waals surface area contributed by atoms with Crippen molar-refractivity contribution in [2.24, 2.45) is 5.92 Å². The highest BCUT2D eigenvalue weighted by atomic mass is 79.9. The van der Waals surface area contributed by atoms with Crippen LogP contribution < -0.4 is 5.32 Å². The lowest BCUT2D eigenvalue weighted by atomic mass is 9.91. The molecule has 1 aromatic rings. The maximum Gasteiger partial charge on any atom is 0.0721 e. The lowest BCUT2D eigenvalue weighted by Crippen LogP contribution is -2.37. The van der Waals surface area contributed by atoms with Gasteiger partial charge in [-0.1, -0.05) is 13.3 Å². The first-order valence-electron chi connectivity index (χ1n) is 7.37. The van der Waals surface area contributed by atoms with Crippen LogP contribution in [-0.2, 0) is 0 Å². The maximum absolute atomic E-state index is 4.71. The highest BCUT2D eigenvalue weighted by Gasteiger charge is 2.32. The molecule has 3 nitrogen and oxygen atoms in total. The molecule has 2 atom stereocenters. The number of nitrogens with zero attached hydrogens (tertiary/aromatic N) is 2. The third-order valence-electron chi connectivity index (χ3n) is 4.10. The molecule has 1 aromatic heterocycles. The molecule has 0 radical (unpaired) electrons. The zero-order valence-corrected chi connectivity index (χ0v) is 15.4. The van der Waals surface area contributed by atoms with Crippen molar-refractivity contribution in [2.45, 2.75) is 32.2 Å². The quantitative estimate of drug-likeness (QED) is 0.822. The molecule has 1 aliphatic heterocycles. The Labute approximate surface area is 138 Å². The van der Waals surface area contributed by atoms with Crippen LogP contribution in [0.2, 0.25) is 0 Å². The average Bonchev–Trinajstić information content (AvgIpc) is 2.62.